The molecule has 0 heterocycles. The standard InChI is InChI=1S/C11H14N2O2/c1-10(9(15)7-13-12)8(14)6-11(10)4-2-3-5-11/h7H,2-6H2,1H3. The SMILES string of the molecule is CC1(C(=O)C=[N+]=[N-])C(=O)CC12CCCC2. The zero-order valence-corrected chi connectivity index (χ0v) is 8.82. The molecule has 0 aliphatic heterocycles. The smallest absolute Gasteiger partial charge is 0.324 e. The van der Waals surface area contributed by atoms with Gasteiger partial charge in [0.25, 0.3) is 0 Å². The number of Topliss-reactive ketones (excluding diaryl/α,β-unsaturated/α-hetero) is 2. The maximum atomic E-state index is 11.8. The van der Waals surface area contributed by atoms with Crippen molar-refractivity contribution in [1.29, 1.82) is 0 Å². The summed E-state index contributed by atoms with van der Waals surface area (Å²) < 4.78 is 0. The molecule has 1 unspecified atom stereocenters. The summed E-state index contributed by atoms with van der Waals surface area (Å²) in [5.74, 6) is -0.350. The second-order valence-electron chi connectivity index (χ2n) is 4.82. The second kappa shape index (κ2) is 3.11. The monoisotopic (exact) mass is 206 g/mol. The third-order valence-electron chi connectivity index (χ3n) is 4.35. The Morgan fingerprint density at radius 1 is 1.47 bits per heavy atom. The Morgan fingerprint density at radius 3 is 2.53 bits per heavy atom. The third kappa shape index (κ3) is 1.08. The fourth-order valence-electron chi connectivity index (χ4n) is 3.16. The lowest BCUT2D eigenvalue weighted by Crippen LogP contribution is -2.61. The first-order chi connectivity index (χ1) is 7.07. The Morgan fingerprint density at radius 2 is 2.07 bits per heavy atom. The van der Waals surface area contributed by atoms with Crippen LogP contribution in [0.25, 0.3) is 5.53 Å². The van der Waals surface area contributed by atoms with Crippen molar-refractivity contribution in [2.24, 2.45) is 10.8 Å². The molecule has 2 saturated carbocycles. The highest BCUT2D eigenvalue weighted by Gasteiger charge is 2.67. The van der Waals surface area contributed by atoms with Crippen molar-refractivity contribution in [2.45, 2.75) is 39.0 Å². The molecule has 1 spiro atoms. The van der Waals surface area contributed by atoms with Crippen LogP contribution >= 0.6 is 0 Å². The van der Waals surface area contributed by atoms with Gasteiger partial charge in [0.2, 0.25) is 5.78 Å². The average molecular weight is 206 g/mol. The maximum absolute atomic E-state index is 11.8. The van der Waals surface area contributed by atoms with Crippen LogP contribution in [0.3, 0.4) is 0 Å². The molecule has 2 aliphatic carbocycles. The number of rotatable bonds is 2. The molecule has 4 nitrogen and oxygen atoms in total. The van der Waals surface area contributed by atoms with E-state index in [0.29, 0.717) is 6.42 Å². The summed E-state index contributed by atoms with van der Waals surface area (Å²) in [4.78, 5) is 26.2. The molecule has 0 amide bonds. The highest BCUT2D eigenvalue weighted by molar-refractivity contribution is 6.35. The van der Waals surface area contributed by atoms with Gasteiger partial charge in [-0.25, -0.2) is 0 Å². The van der Waals surface area contributed by atoms with Crippen molar-refractivity contribution in [3.63, 3.8) is 0 Å². The zero-order chi connectivity index (χ0) is 11.1. The van der Waals surface area contributed by atoms with Crippen molar-refractivity contribution >= 4 is 17.8 Å². The van der Waals surface area contributed by atoms with Crippen LogP contribution in [0.4, 0.5) is 0 Å². The minimum absolute atomic E-state index is 0.00528. The van der Waals surface area contributed by atoms with Crippen LogP contribution in [0.1, 0.15) is 39.0 Å². The first-order valence-electron chi connectivity index (χ1n) is 5.32. The van der Waals surface area contributed by atoms with E-state index in [1.165, 1.54) is 0 Å². The molecule has 2 fully saturated rings. The van der Waals surface area contributed by atoms with Gasteiger partial charge in [0.05, 0.1) is 0 Å². The molecule has 0 saturated heterocycles. The first kappa shape index (κ1) is 10.2. The van der Waals surface area contributed by atoms with Crippen LogP contribution < -0.4 is 0 Å². The summed E-state index contributed by atoms with van der Waals surface area (Å²) in [6, 6.07) is 0. The van der Waals surface area contributed by atoms with E-state index in [9.17, 15) is 9.59 Å². The molecule has 0 N–H and O–H groups in total. The van der Waals surface area contributed by atoms with Crippen LogP contribution in [0, 0.1) is 10.8 Å². The van der Waals surface area contributed by atoms with Gasteiger partial charge >= 0.3 is 6.21 Å². The van der Waals surface area contributed by atoms with Gasteiger partial charge in [-0.1, -0.05) is 12.8 Å². The van der Waals surface area contributed by atoms with Crippen LogP contribution in [0.2, 0.25) is 0 Å². The van der Waals surface area contributed by atoms with Crippen molar-refractivity contribution in [3.05, 3.63) is 5.53 Å². The summed E-state index contributed by atoms with van der Waals surface area (Å²) in [6.45, 7) is 1.70. The molecule has 80 valence electrons. The molecular weight excluding hydrogens is 192 g/mol. The first-order valence-corrected chi connectivity index (χ1v) is 5.32. The van der Waals surface area contributed by atoms with Gasteiger partial charge in [-0.15, -0.1) is 0 Å². The molecule has 0 radical (unpaired) electrons. The molecule has 0 aromatic rings. The molecule has 0 bridgehead atoms. The van der Waals surface area contributed by atoms with E-state index < -0.39 is 5.41 Å². The lowest BCUT2D eigenvalue weighted by atomic mass is 9.47. The number of hydrogen-bond donors (Lipinski definition) is 0. The summed E-state index contributed by atoms with van der Waals surface area (Å²) in [5, 5.41) is 0. The molecule has 0 aromatic carbocycles. The van der Waals surface area contributed by atoms with Gasteiger partial charge in [-0.3, -0.25) is 9.59 Å². The van der Waals surface area contributed by atoms with Crippen molar-refractivity contribution in [1.82, 2.24) is 0 Å². The maximum Gasteiger partial charge on any atom is 0.324 e. The average Bonchev–Trinajstić information content (AvgIpc) is 2.68. The number of ketones is 2. The van der Waals surface area contributed by atoms with Gasteiger partial charge in [-0.05, 0) is 25.2 Å². The van der Waals surface area contributed by atoms with Crippen molar-refractivity contribution in [2.75, 3.05) is 0 Å². The Labute approximate surface area is 88.3 Å². The predicted octanol–water partition coefficient (Wildman–Crippen LogP) is 1.40. The summed E-state index contributed by atoms with van der Waals surface area (Å²) in [6.07, 6.45) is 5.46. The number of nitrogens with zero attached hydrogens (tertiary/aromatic N) is 2. The van der Waals surface area contributed by atoms with E-state index in [4.69, 9.17) is 5.53 Å². The van der Waals surface area contributed by atoms with E-state index in [0.717, 1.165) is 31.9 Å². The van der Waals surface area contributed by atoms with E-state index in [1.807, 2.05) is 0 Å². The summed E-state index contributed by atoms with van der Waals surface area (Å²) in [5.41, 5.74) is 7.32. The normalized spacial score (nSPS) is 32.2. The fraction of sp³-hybridized carbons (Fsp3) is 0.727. The molecule has 4 heteroatoms. The fourth-order valence-corrected chi connectivity index (χ4v) is 3.16. The molecule has 2 aliphatic rings. The Hall–Kier alpha value is -1.28. The Balaban J connectivity index is 2.35. The van der Waals surface area contributed by atoms with Gasteiger partial charge in [0.15, 0.2) is 0 Å². The largest absolute Gasteiger partial charge is 0.361 e. The van der Waals surface area contributed by atoms with Crippen LogP contribution in [-0.4, -0.2) is 22.6 Å². The predicted molar refractivity (Wildman–Crippen MR) is 53.3 cm³/mol. The summed E-state index contributed by atoms with van der Waals surface area (Å²) >= 11 is 0. The number of hydrogen-bond acceptors (Lipinski definition) is 2. The van der Waals surface area contributed by atoms with Gasteiger partial charge in [-0.2, -0.15) is 4.79 Å². The number of carbonyl (C=O) groups excluding carboxylic acids is 2. The molecule has 1 atom stereocenters. The third-order valence-corrected chi connectivity index (χ3v) is 4.35. The van der Waals surface area contributed by atoms with E-state index in [-0.39, 0.29) is 17.0 Å². The van der Waals surface area contributed by atoms with Crippen molar-refractivity contribution < 1.29 is 14.4 Å². The Kier molecular flexibility index (Phi) is 2.12. The molecule has 2 rings (SSSR count). The highest BCUT2D eigenvalue weighted by atomic mass is 16.2. The zero-order valence-electron chi connectivity index (χ0n) is 8.82. The van der Waals surface area contributed by atoms with Gasteiger partial charge in [0.1, 0.15) is 11.2 Å². The molecule has 15 heavy (non-hydrogen) atoms. The summed E-state index contributed by atoms with van der Waals surface area (Å²) in [7, 11) is 0. The lowest BCUT2D eigenvalue weighted by molar-refractivity contribution is -0.164. The second-order valence-corrected chi connectivity index (χ2v) is 4.82. The van der Waals surface area contributed by atoms with Crippen LogP contribution in [-0.2, 0) is 9.59 Å². The van der Waals surface area contributed by atoms with E-state index in [1.54, 1.807) is 6.92 Å². The highest BCUT2D eigenvalue weighted by Crippen LogP contribution is 2.62. The minimum atomic E-state index is -0.921. The lowest BCUT2D eigenvalue weighted by Gasteiger charge is -2.52. The van der Waals surface area contributed by atoms with Gasteiger partial charge in [0, 0.05) is 6.42 Å². The van der Waals surface area contributed by atoms with Crippen LogP contribution in [0.15, 0.2) is 0 Å². The van der Waals surface area contributed by atoms with Crippen molar-refractivity contribution in [3.8, 4) is 0 Å². The topological polar surface area (TPSA) is 70.5 Å². The molecular formula is C11H14N2O2. The molecule has 0 aromatic heterocycles. The minimum Gasteiger partial charge on any atom is -0.361 e. The van der Waals surface area contributed by atoms with Gasteiger partial charge < -0.3 is 5.53 Å². The van der Waals surface area contributed by atoms with E-state index in [2.05, 4.69) is 4.79 Å². The number of carbonyl (C=O) groups is 2. The quantitative estimate of drug-likeness (QED) is 0.296. The Bertz CT molecular complexity index is 376. The van der Waals surface area contributed by atoms with E-state index >= 15 is 0 Å². The van der Waals surface area contributed by atoms with Crippen LogP contribution in [0.5, 0.6) is 0 Å².